The third-order valence-electron chi connectivity index (χ3n) is 3.58. The summed E-state index contributed by atoms with van der Waals surface area (Å²) in [7, 11) is -3.91. The van der Waals surface area contributed by atoms with Crippen LogP contribution in [0.4, 0.5) is 5.69 Å². The molecule has 0 aliphatic heterocycles. The summed E-state index contributed by atoms with van der Waals surface area (Å²) < 4.78 is 27.2. The molecule has 0 spiro atoms. The van der Waals surface area contributed by atoms with Gasteiger partial charge in [0.15, 0.2) is 0 Å². The predicted molar refractivity (Wildman–Crippen MR) is 92.3 cm³/mol. The second kappa shape index (κ2) is 6.72. The summed E-state index contributed by atoms with van der Waals surface area (Å²) in [5.41, 5.74) is 2.10. The van der Waals surface area contributed by atoms with Crippen LogP contribution in [0.3, 0.4) is 0 Å². The van der Waals surface area contributed by atoms with Gasteiger partial charge >= 0.3 is 0 Å². The number of benzene rings is 2. The van der Waals surface area contributed by atoms with Crippen molar-refractivity contribution in [3.05, 3.63) is 59.7 Å². The smallest absolute Gasteiger partial charge is 0.265 e. The summed E-state index contributed by atoms with van der Waals surface area (Å²) in [4.78, 5) is 11.8. The molecule has 4 nitrogen and oxygen atoms in total. The van der Waals surface area contributed by atoms with Crippen LogP contribution >= 0.6 is 11.6 Å². The zero-order valence-electron chi connectivity index (χ0n) is 13.2. The number of aryl methyl sites for hydroxylation is 2. The molecule has 0 saturated heterocycles. The lowest BCUT2D eigenvalue weighted by molar-refractivity contribution is -0.112. The number of carbonyl (C=O) groups is 1. The maximum absolute atomic E-state index is 13.1. The maximum Gasteiger partial charge on any atom is 0.265 e. The van der Waals surface area contributed by atoms with Crippen molar-refractivity contribution in [3.63, 3.8) is 0 Å². The topological polar surface area (TPSA) is 54.5 Å². The van der Waals surface area contributed by atoms with Gasteiger partial charge in [0.05, 0.1) is 10.6 Å². The molecule has 0 bridgehead atoms. The Balaban J connectivity index is 2.69. The second-order valence-electron chi connectivity index (χ2n) is 5.38. The number of sulfonamides is 1. The molecule has 2 aromatic carbocycles. The van der Waals surface area contributed by atoms with Crippen molar-refractivity contribution in [2.24, 2.45) is 0 Å². The van der Waals surface area contributed by atoms with Crippen LogP contribution in [0, 0.1) is 13.8 Å². The van der Waals surface area contributed by atoms with Gasteiger partial charge in [0.1, 0.15) is 6.04 Å². The van der Waals surface area contributed by atoms with E-state index in [4.69, 9.17) is 11.6 Å². The molecule has 0 aliphatic carbocycles. The van der Waals surface area contributed by atoms with Crippen molar-refractivity contribution in [2.75, 3.05) is 4.31 Å². The third-order valence-corrected chi connectivity index (χ3v) is 5.80. The van der Waals surface area contributed by atoms with Crippen molar-refractivity contribution in [1.29, 1.82) is 0 Å². The molecular formula is C17H18ClNO3S. The normalized spacial score (nSPS) is 12.7. The molecule has 1 unspecified atom stereocenters. The van der Waals surface area contributed by atoms with Crippen LogP contribution in [0.1, 0.15) is 18.1 Å². The molecular weight excluding hydrogens is 334 g/mol. The molecule has 1 atom stereocenters. The summed E-state index contributed by atoms with van der Waals surface area (Å²) in [5.74, 6) is 0. The second-order valence-corrected chi connectivity index (χ2v) is 7.57. The Labute approximate surface area is 141 Å². The van der Waals surface area contributed by atoms with E-state index in [2.05, 4.69) is 0 Å². The lowest BCUT2D eigenvalue weighted by atomic mass is 10.1. The van der Waals surface area contributed by atoms with Crippen molar-refractivity contribution >= 4 is 32.6 Å². The van der Waals surface area contributed by atoms with E-state index < -0.39 is 21.3 Å². The molecule has 0 aliphatic rings. The molecule has 122 valence electrons. The highest BCUT2D eigenvalue weighted by molar-refractivity contribution is 7.93. The third kappa shape index (κ3) is 3.57. The Kier molecular flexibility index (Phi) is 5.12. The van der Waals surface area contributed by atoms with E-state index >= 15 is 0 Å². The Bertz CT molecular complexity index is 819. The van der Waals surface area contributed by atoms with Gasteiger partial charge in [0.25, 0.3) is 10.0 Å². The van der Waals surface area contributed by atoms with Crippen molar-refractivity contribution in [2.45, 2.75) is 31.7 Å². The van der Waals surface area contributed by atoms with E-state index in [1.54, 1.807) is 31.2 Å². The number of hydrogen-bond donors (Lipinski definition) is 0. The first kappa shape index (κ1) is 17.5. The van der Waals surface area contributed by atoms with E-state index in [9.17, 15) is 13.2 Å². The van der Waals surface area contributed by atoms with Gasteiger partial charge in [-0.15, -0.1) is 0 Å². The molecule has 23 heavy (non-hydrogen) atoms. The van der Waals surface area contributed by atoms with Crippen LogP contribution in [-0.2, 0) is 14.8 Å². The summed E-state index contributed by atoms with van der Waals surface area (Å²) in [6.07, 6.45) is 0. The first-order valence-electron chi connectivity index (χ1n) is 7.11. The Morgan fingerprint density at radius 1 is 1.09 bits per heavy atom. The van der Waals surface area contributed by atoms with Gasteiger partial charge < -0.3 is 0 Å². The molecule has 2 aromatic rings. The number of hydrogen-bond acceptors (Lipinski definition) is 3. The summed E-state index contributed by atoms with van der Waals surface area (Å²) in [5, 5.41) is -0.731. The lowest BCUT2D eigenvalue weighted by Gasteiger charge is -2.30. The van der Waals surface area contributed by atoms with Crippen molar-refractivity contribution in [1.82, 2.24) is 0 Å². The summed E-state index contributed by atoms with van der Waals surface area (Å²) in [6, 6.07) is 12.5. The number of halogens is 1. The van der Waals surface area contributed by atoms with Gasteiger partial charge in [0.2, 0.25) is 5.24 Å². The SMILES string of the molecule is Cc1ccc(C)c(N(C(C)C(=O)Cl)S(=O)(=O)c2ccccc2)c1. The minimum absolute atomic E-state index is 0.116. The number of carbonyl (C=O) groups excluding carboxylic acids is 1. The zero-order chi connectivity index (χ0) is 17.2. The van der Waals surface area contributed by atoms with E-state index in [1.165, 1.54) is 19.1 Å². The fourth-order valence-corrected chi connectivity index (χ4v) is 4.15. The fraction of sp³-hybridized carbons (Fsp3) is 0.235. The Hall–Kier alpha value is -1.85. The van der Waals surface area contributed by atoms with Gasteiger partial charge in [-0.05, 0) is 61.7 Å². The highest BCUT2D eigenvalue weighted by Crippen LogP contribution is 2.30. The van der Waals surface area contributed by atoms with Crippen LogP contribution < -0.4 is 4.31 Å². The van der Waals surface area contributed by atoms with E-state index in [0.717, 1.165) is 15.4 Å². The van der Waals surface area contributed by atoms with Gasteiger partial charge in [0, 0.05) is 0 Å². The fourth-order valence-electron chi connectivity index (χ4n) is 2.30. The standard InChI is InChI=1S/C17H18ClNO3S/c1-12-9-10-13(2)16(11-12)19(14(3)17(18)20)23(21,22)15-7-5-4-6-8-15/h4-11,14H,1-3H3. The lowest BCUT2D eigenvalue weighted by Crippen LogP contribution is -2.42. The van der Waals surface area contributed by atoms with Crippen LogP contribution in [-0.4, -0.2) is 19.7 Å². The summed E-state index contributed by atoms with van der Waals surface area (Å²) >= 11 is 5.61. The number of nitrogens with zero attached hydrogens (tertiary/aromatic N) is 1. The molecule has 0 heterocycles. The quantitative estimate of drug-likeness (QED) is 0.772. The molecule has 0 saturated carbocycles. The minimum Gasteiger partial charge on any atom is -0.279 e. The molecule has 0 fully saturated rings. The largest absolute Gasteiger partial charge is 0.279 e. The van der Waals surface area contributed by atoms with Crippen molar-refractivity contribution < 1.29 is 13.2 Å². The van der Waals surface area contributed by atoms with Crippen molar-refractivity contribution in [3.8, 4) is 0 Å². The first-order chi connectivity index (χ1) is 10.7. The van der Waals surface area contributed by atoms with E-state index in [1.807, 2.05) is 19.1 Å². The van der Waals surface area contributed by atoms with Crippen LogP contribution in [0.15, 0.2) is 53.4 Å². The molecule has 0 amide bonds. The average molecular weight is 352 g/mol. The Morgan fingerprint density at radius 2 is 1.70 bits per heavy atom. The Morgan fingerprint density at radius 3 is 2.26 bits per heavy atom. The number of anilines is 1. The highest BCUT2D eigenvalue weighted by atomic mass is 35.5. The van der Waals surface area contributed by atoms with E-state index in [0.29, 0.717) is 5.69 Å². The van der Waals surface area contributed by atoms with E-state index in [-0.39, 0.29) is 4.90 Å². The van der Waals surface area contributed by atoms with Crippen LogP contribution in [0.2, 0.25) is 0 Å². The van der Waals surface area contributed by atoms with Gasteiger partial charge in [-0.3, -0.25) is 9.10 Å². The van der Waals surface area contributed by atoms with Gasteiger partial charge in [-0.25, -0.2) is 8.42 Å². The maximum atomic E-state index is 13.1. The zero-order valence-corrected chi connectivity index (χ0v) is 14.7. The van der Waals surface area contributed by atoms with Gasteiger partial charge in [-0.2, -0.15) is 0 Å². The number of rotatable bonds is 5. The highest BCUT2D eigenvalue weighted by Gasteiger charge is 2.33. The molecule has 0 aromatic heterocycles. The van der Waals surface area contributed by atoms with Gasteiger partial charge in [-0.1, -0.05) is 30.3 Å². The average Bonchev–Trinajstić information content (AvgIpc) is 2.51. The molecule has 0 N–H and O–H groups in total. The molecule has 0 radical (unpaired) electrons. The predicted octanol–water partition coefficient (Wildman–Crippen LogP) is 3.65. The summed E-state index contributed by atoms with van der Waals surface area (Å²) in [6.45, 7) is 5.15. The minimum atomic E-state index is -3.91. The van der Waals surface area contributed by atoms with Crippen LogP contribution in [0.25, 0.3) is 0 Å². The first-order valence-corrected chi connectivity index (χ1v) is 8.93. The van der Waals surface area contributed by atoms with Crippen LogP contribution in [0.5, 0.6) is 0 Å². The monoisotopic (exact) mass is 351 g/mol. The molecule has 6 heteroatoms. The molecule has 2 rings (SSSR count).